The molecular weight excluding hydrogens is 364 g/mol. The molecule has 0 spiro atoms. The van der Waals surface area contributed by atoms with Gasteiger partial charge >= 0.3 is 0 Å². The van der Waals surface area contributed by atoms with E-state index in [1.165, 1.54) is 0 Å². The van der Waals surface area contributed by atoms with Crippen molar-refractivity contribution in [2.45, 2.75) is 25.8 Å². The molecule has 0 unspecified atom stereocenters. The second-order valence-electron chi connectivity index (χ2n) is 7.51. The number of carbonyl (C=O) groups excluding carboxylic acids is 2. The fourth-order valence-corrected chi connectivity index (χ4v) is 3.92. The van der Waals surface area contributed by atoms with Crippen molar-refractivity contribution in [2.75, 3.05) is 13.1 Å². The predicted molar refractivity (Wildman–Crippen MR) is 109 cm³/mol. The van der Waals surface area contributed by atoms with Crippen molar-refractivity contribution >= 4 is 11.7 Å². The molecule has 0 aliphatic carbocycles. The van der Waals surface area contributed by atoms with E-state index in [2.05, 4.69) is 10.3 Å². The van der Waals surface area contributed by atoms with Gasteiger partial charge in [0.2, 0.25) is 0 Å². The summed E-state index contributed by atoms with van der Waals surface area (Å²) in [5.41, 5.74) is 2.44. The minimum Gasteiger partial charge on any atom is -0.336 e. The number of benzene rings is 2. The third kappa shape index (κ3) is 4.11. The monoisotopic (exact) mass is 388 g/mol. The summed E-state index contributed by atoms with van der Waals surface area (Å²) in [6, 6.07) is 19.9. The Kier molecular flexibility index (Phi) is 5.51. The van der Waals surface area contributed by atoms with Crippen molar-refractivity contribution in [1.29, 1.82) is 0 Å². The summed E-state index contributed by atoms with van der Waals surface area (Å²) < 4.78 is 1.74. The van der Waals surface area contributed by atoms with Crippen LogP contribution < -0.4 is 0 Å². The third-order valence-electron chi connectivity index (χ3n) is 5.51. The quantitative estimate of drug-likeness (QED) is 0.672. The fourth-order valence-electron chi connectivity index (χ4n) is 3.92. The molecule has 1 aliphatic heterocycles. The smallest absolute Gasteiger partial charge is 0.276 e. The molecule has 1 amide bonds. The highest BCUT2D eigenvalue weighted by atomic mass is 16.2. The summed E-state index contributed by atoms with van der Waals surface area (Å²) in [5, 5.41) is 8.46. The van der Waals surface area contributed by atoms with Crippen LogP contribution in [0.3, 0.4) is 0 Å². The zero-order valence-corrected chi connectivity index (χ0v) is 16.4. The molecule has 148 valence electrons. The fraction of sp³-hybridized carbons (Fsp3) is 0.304. The van der Waals surface area contributed by atoms with E-state index < -0.39 is 0 Å². The predicted octanol–water partition coefficient (Wildman–Crippen LogP) is 3.36. The Labute approximate surface area is 170 Å². The molecule has 0 bridgehead atoms. The summed E-state index contributed by atoms with van der Waals surface area (Å²) in [6.07, 6.45) is 3.39. The molecule has 1 aromatic heterocycles. The van der Waals surface area contributed by atoms with E-state index in [1.807, 2.05) is 60.7 Å². The normalized spacial score (nSPS) is 16.8. The number of carbonyl (C=O) groups is 2. The average Bonchev–Trinajstić information content (AvgIpc) is 3.24. The zero-order chi connectivity index (χ0) is 20.2. The van der Waals surface area contributed by atoms with E-state index in [1.54, 1.807) is 22.7 Å². The maximum atomic E-state index is 13.0. The van der Waals surface area contributed by atoms with Gasteiger partial charge in [0.25, 0.3) is 5.91 Å². The van der Waals surface area contributed by atoms with Crippen molar-refractivity contribution < 1.29 is 9.59 Å². The van der Waals surface area contributed by atoms with Gasteiger partial charge in [0.05, 0.1) is 6.20 Å². The Morgan fingerprint density at radius 2 is 1.62 bits per heavy atom. The van der Waals surface area contributed by atoms with Crippen LogP contribution >= 0.6 is 0 Å². The van der Waals surface area contributed by atoms with Crippen LogP contribution in [0.25, 0.3) is 0 Å². The van der Waals surface area contributed by atoms with Crippen LogP contribution in [0.2, 0.25) is 0 Å². The molecular formula is C23H24N4O2. The summed E-state index contributed by atoms with van der Waals surface area (Å²) in [6.45, 7) is 2.71. The van der Waals surface area contributed by atoms with Crippen LogP contribution in [0.4, 0.5) is 0 Å². The lowest BCUT2D eigenvalue weighted by atomic mass is 9.94. The molecule has 0 N–H and O–H groups in total. The first-order valence-electron chi connectivity index (χ1n) is 9.95. The molecule has 1 aliphatic rings. The average molecular weight is 388 g/mol. The maximum Gasteiger partial charge on any atom is 0.276 e. The van der Waals surface area contributed by atoms with Crippen molar-refractivity contribution in [2.24, 2.45) is 5.92 Å². The lowest BCUT2D eigenvalue weighted by Crippen LogP contribution is -2.42. The number of nitrogens with zero attached hydrogens (tertiary/aromatic N) is 4. The summed E-state index contributed by atoms with van der Waals surface area (Å²) in [4.78, 5) is 26.4. The number of hydrogen-bond donors (Lipinski definition) is 0. The first kappa shape index (κ1) is 19.1. The summed E-state index contributed by atoms with van der Waals surface area (Å²) in [5.74, 6) is -0.106. The number of aromatic nitrogens is 3. The van der Waals surface area contributed by atoms with E-state index in [0.717, 1.165) is 24.0 Å². The van der Waals surface area contributed by atoms with Crippen LogP contribution in [0.15, 0.2) is 66.9 Å². The highest BCUT2D eigenvalue weighted by molar-refractivity contribution is 5.92. The van der Waals surface area contributed by atoms with E-state index in [4.69, 9.17) is 0 Å². The first-order chi connectivity index (χ1) is 14.1. The van der Waals surface area contributed by atoms with Gasteiger partial charge in [-0.3, -0.25) is 9.59 Å². The topological polar surface area (TPSA) is 68.1 Å². The number of rotatable bonds is 5. The van der Waals surface area contributed by atoms with Crippen molar-refractivity contribution in [3.63, 3.8) is 0 Å². The standard InChI is InChI=1S/C23H24N4O2/c1-17(28)20-13-8-14-26(15-20)23(29)21-16-27(25-24-21)22(18-9-4-2-5-10-18)19-11-6-3-7-12-19/h2-7,9-12,16,20,22H,8,13-15H2,1H3/t20-/m1/s1. The Hall–Kier alpha value is -3.28. The Morgan fingerprint density at radius 3 is 2.21 bits per heavy atom. The molecule has 4 rings (SSSR count). The molecule has 0 radical (unpaired) electrons. The number of amides is 1. The van der Waals surface area contributed by atoms with Crippen molar-refractivity contribution in [3.05, 3.63) is 83.7 Å². The van der Waals surface area contributed by atoms with Gasteiger partial charge in [-0.25, -0.2) is 4.68 Å². The Morgan fingerprint density at radius 1 is 1.00 bits per heavy atom. The molecule has 3 aromatic rings. The summed E-state index contributed by atoms with van der Waals surface area (Å²) in [7, 11) is 0. The Bertz CT molecular complexity index is 945. The Balaban J connectivity index is 1.62. The van der Waals surface area contributed by atoms with E-state index >= 15 is 0 Å². The summed E-state index contributed by atoms with van der Waals surface area (Å²) >= 11 is 0. The molecule has 2 aromatic carbocycles. The minimum absolute atomic E-state index is 0.0795. The minimum atomic E-state index is -0.169. The molecule has 6 heteroatoms. The van der Waals surface area contributed by atoms with E-state index in [-0.39, 0.29) is 23.7 Å². The highest BCUT2D eigenvalue weighted by Crippen LogP contribution is 2.26. The van der Waals surface area contributed by atoms with Crippen LogP contribution in [0.5, 0.6) is 0 Å². The maximum absolute atomic E-state index is 13.0. The SMILES string of the molecule is CC(=O)[C@@H]1CCCN(C(=O)c2cn(C(c3ccccc3)c3ccccc3)nn2)C1. The van der Waals surface area contributed by atoms with Gasteiger partial charge in [-0.1, -0.05) is 65.9 Å². The molecule has 6 nitrogen and oxygen atoms in total. The van der Waals surface area contributed by atoms with E-state index in [9.17, 15) is 9.59 Å². The first-order valence-corrected chi connectivity index (χ1v) is 9.95. The zero-order valence-electron chi connectivity index (χ0n) is 16.4. The molecule has 0 saturated carbocycles. The van der Waals surface area contributed by atoms with Crippen LogP contribution in [0.1, 0.15) is 47.4 Å². The molecule has 29 heavy (non-hydrogen) atoms. The van der Waals surface area contributed by atoms with Gasteiger partial charge < -0.3 is 4.90 Å². The van der Waals surface area contributed by atoms with E-state index in [0.29, 0.717) is 18.8 Å². The number of likely N-dealkylation sites (tertiary alicyclic amines) is 1. The molecule has 1 fully saturated rings. The number of piperidine rings is 1. The third-order valence-corrected chi connectivity index (χ3v) is 5.51. The van der Waals surface area contributed by atoms with Crippen LogP contribution in [-0.4, -0.2) is 44.7 Å². The van der Waals surface area contributed by atoms with Crippen LogP contribution in [-0.2, 0) is 4.79 Å². The second kappa shape index (κ2) is 8.39. The van der Waals surface area contributed by atoms with Gasteiger partial charge in [-0.05, 0) is 30.9 Å². The molecule has 1 saturated heterocycles. The van der Waals surface area contributed by atoms with Crippen molar-refractivity contribution in [1.82, 2.24) is 19.9 Å². The van der Waals surface area contributed by atoms with Gasteiger partial charge in [0, 0.05) is 19.0 Å². The van der Waals surface area contributed by atoms with Crippen molar-refractivity contribution in [3.8, 4) is 0 Å². The highest BCUT2D eigenvalue weighted by Gasteiger charge is 2.29. The molecule has 2 heterocycles. The lowest BCUT2D eigenvalue weighted by molar-refractivity contribution is -0.122. The van der Waals surface area contributed by atoms with Crippen LogP contribution in [0, 0.1) is 5.92 Å². The van der Waals surface area contributed by atoms with Gasteiger partial charge in [0.15, 0.2) is 5.69 Å². The molecule has 1 atom stereocenters. The van der Waals surface area contributed by atoms with Gasteiger partial charge in [-0.2, -0.15) is 0 Å². The largest absolute Gasteiger partial charge is 0.336 e. The lowest BCUT2D eigenvalue weighted by Gasteiger charge is -2.30. The second-order valence-corrected chi connectivity index (χ2v) is 7.51. The number of ketones is 1. The number of Topliss-reactive ketones (excluding diaryl/α,β-unsaturated/α-hetero) is 1. The van der Waals surface area contributed by atoms with Gasteiger partial charge in [-0.15, -0.1) is 5.10 Å². The number of hydrogen-bond acceptors (Lipinski definition) is 4. The van der Waals surface area contributed by atoms with Gasteiger partial charge in [0.1, 0.15) is 11.8 Å².